The van der Waals surface area contributed by atoms with Crippen LogP contribution in [0.25, 0.3) is 21.5 Å². The number of aryl methyl sites for hydroxylation is 1. The van der Waals surface area contributed by atoms with Crippen LogP contribution in [-0.4, -0.2) is 22.5 Å². The molecule has 0 spiro atoms. The molecule has 0 fully saturated rings. The van der Waals surface area contributed by atoms with Gasteiger partial charge in [0.25, 0.3) is 0 Å². The van der Waals surface area contributed by atoms with E-state index in [4.69, 9.17) is 4.74 Å². The highest BCUT2D eigenvalue weighted by atomic mass is 32.1. The number of aromatic nitrogens is 2. The van der Waals surface area contributed by atoms with Gasteiger partial charge in [0.1, 0.15) is 4.83 Å². The summed E-state index contributed by atoms with van der Waals surface area (Å²) >= 11 is 1.34. The van der Waals surface area contributed by atoms with Crippen molar-refractivity contribution in [3.8, 4) is 11.3 Å². The van der Waals surface area contributed by atoms with E-state index in [0.29, 0.717) is 10.2 Å². The zero-order valence-electron chi connectivity index (χ0n) is 13.3. The Kier molecular flexibility index (Phi) is 4.47. The molecule has 1 aromatic carbocycles. The van der Waals surface area contributed by atoms with Gasteiger partial charge >= 0.3 is 12.1 Å². The number of esters is 1. The topological polar surface area (TPSA) is 52.1 Å². The second-order valence-corrected chi connectivity index (χ2v) is 6.51. The van der Waals surface area contributed by atoms with Gasteiger partial charge < -0.3 is 4.74 Å². The summed E-state index contributed by atoms with van der Waals surface area (Å²) in [7, 11) is 0. The standard InChI is InChI=1S/C17H13F3N2O2S/c1-3-24-16(23)14-21-13(12-7-9(2)25-15(12)22-14)10-5-4-6-11(8-10)17(18,19)20/h4-8H,3H2,1-2H3. The van der Waals surface area contributed by atoms with Gasteiger partial charge in [-0.15, -0.1) is 11.3 Å². The van der Waals surface area contributed by atoms with Crippen molar-refractivity contribution < 1.29 is 22.7 Å². The molecule has 3 rings (SSSR count). The molecule has 0 aliphatic carbocycles. The molecular formula is C17H13F3N2O2S. The Labute approximate surface area is 145 Å². The van der Waals surface area contributed by atoms with Crippen LogP contribution in [0.3, 0.4) is 0 Å². The van der Waals surface area contributed by atoms with Crippen LogP contribution in [0.15, 0.2) is 30.3 Å². The number of alkyl halides is 3. The van der Waals surface area contributed by atoms with Crippen molar-refractivity contribution in [2.24, 2.45) is 0 Å². The molecule has 0 atom stereocenters. The molecule has 0 N–H and O–H groups in total. The minimum absolute atomic E-state index is 0.155. The van der Waals surface area contributed by atoms with Gasteiger partial charge in [-0.1, -0.05) is 12.1 Å². The highest BCUT2D eigenvalue weighted by Crippen LogP contribution is 2.35. The SMILES string of the molecule is CCOC(=O)c1nc(-c2cccc(C(F)(F)F)c2)c2cc(C)sc2n1. The Morgan fingerprint density at radius 1 is 1.24 bits per heavy atom. The van der Waals surface area contributed by atoms with Crippen LogP contribution >= 0.6 is 11.3 Å². The summed E-state index contributed by atoms with van der Waals surface area (Å²) in [4.78, 5) is 21.8. The van der Waals surface area contributed by atoms with Crippen LogP contribution in [0, 0.1) is 6.92 Å². The van der Waals surface area contributed by atoms with Gasteiger partial charge in [-0.2, -0.15) is 13.2 Å². The molecule has 3 aromatic rings. The second-order valence-electron chi connectivity index (χ2n) is 5.27. The zero-order chi connectivity index (χ0) is 18.2. The number of hydrogen-bond acceptors (Lipinski definition) is 5. The molecule has 0 amide bonds. The maximum absolute atomic E-state index is 13.0. The fourth-order valence-electron chi connectivity index (χ4n) is 2.39. The lowest BCUT2D eigenvalue weighted by Crippen LogP contribution is -2.10. The second kappa shape index (κ2) is 6.44. The average Bonchev–Trinajstić information content (AvgIpc) is 2.93. The first kappa shape index (κ1) is 17.3. The van der Waals surface area contributed by atoms with E-state index >= 15 is 0 Å². The molecule has 8 heteroatoms. The molecule has 130 valence electrons. The lowest BCUT2D eigenvalue weighted by Gasteiger charge is -2.10. The van der Waals surface area contributed by atoms with E-state index in [1.807, 2.05) is 6.92 Å². The molecule has 2 aromatic heterocycles. The van der Waals surface area contributed by atoms with Crippen molar-refractivity contribution in [1.29, 1.82) is 0 Å². The molecule has 0 saturated carbocycles. The maximum atomic E-state index is 13.0. The van der Waals surface area contributed by atoms with Gasteiger partial charge in [0.05, 0.1) is 17.9 Å². The smallest absolute Gasteiger partial charge is 0.416 e. The van der Waals surface area contributed by atoms with Crippen molar-refractivity contribution in [3.05, 3.63) is 46.6 Å². The number of carbonyl (C=O) groups excluding carboxylic acids is 1. The summed E-state index contributed by atoms with van der Waals surface area (Å²) in [5.74, 6) is -0.868. The number of halogens is 3. The summed E-state index contributed by atoms with van der Waals surface area (Å²) in [6.45, 7) is 3.66. The lowest BCUT2D eigenvalue weighted by atomic mass is 10.1. The van der Waals surface area contributed by atoms with Gasteiger partial charge in [0.15, 0.2) is 0 Å². The summed E-state index contributed by atoms with van der Waals surface area (Å²) in [5.41, 5.74) is -0.226. The highest BCUT2D eigenvalue weighted by Gasteiger charge is 2.31. The fourth-order valence-corrected chi connectivity index (χ4v) is 3.27. The first-order chi connectivity index (χ1) is 11.8. The third-order valence-electron chi connectivity index (χ3n) is 3.44. The molecular weight excluding hydrogens is 353 g/mol. The molecule has 2 heterocycles. The van der Waals surface area contributed by atoms with E-state index in [2.05, 4.69) is 9.97 Å². The minimum Gasteiger partial charge on any atom is -0.460 e. The monoisotopic (exact) mass is 366 g/mol. The molecule has 0 saturated heterocycles. The van der Waals surface area contributed by atoms with E-state index in [9.17, 15) is 18.0 Å². The minimum atomic E-state index is -4.46. The van der Waals surface area contributed by atoms with Crippen LogP contribution in [0.1, 0.15) is 28.0 Å². The van der Waals surface area contributed by atoms with Gasteiger partial charge in [-0.05, 0) is 32.0 Å². The Hall–Kier alpha value is -2.48. The third kappa shape index (κ3) is 3.48. The molecule has 4 nitrogen and oxygen atoms in total. The number of nitrogens with zero attached hydrogens (tertiary/aromatic N) is 2. The van der Waals surface area contributed by atoms with E-state index in [-0.39, 0.29) is 23.7 Å². The predicted molar refractivity (Wildman–Crippen MR) is 88.5 cm³/mol. The number of carbonyl (C=O) groups is 1. The van der Waals surface area contributed by atoms with Crippen molar-refractivity contribution in [3.63, 3.8) is 0 Å². The summed E-state index contributed by atoms with van der Waals surface area (Å²) < 4.78 is 43.9. The highest BCUT2D eigenvalue weighted by molar-refractivity contribution is 7.18. The number of thiophene rings is 1. The molecule has 0 unspecified atom stereocenters. The van der Waals surface area contributed by atoms with Gasteiger partial charge in [-0.3, -0.25) is 0 Å². The summed E-state index contributed by atoms with van der Waals surface area (Å²) in [6, 6.07) is 6.65. The number of ether oxygens (including phenoxy) is 1. The van der Waals surface area contributed by atoms with Gasteiger partial charge in [-0.25, -0.2) is 14.8 Å². The Bertz CT molecular complexity index is 951. The van der Waals surface area contributed by atoms with Crippen LogP contribution in [-0.2, 0) is 10.9 Å². The number of hydrogen-bond donors (Lipinski definition) is 0. The Balaban J connectivity index is 2.22. The molecule has 0 aliphatic heterocycles. The quantitative estimate of drug-likeness (QED) is 0.621. The first-order valence-corrected chi connectivity index (χ1v) is 8.24. The molecule has 25 heavy (non-hydrogen) atoms. The molecule has 0 aliphatic rings. The third-order valence-corrected chi connectivity index (χ3v) is 4.38. The fraction of sp³-hybridized carbons (Fsp3) is 0.235. The van der Waals surface area contributed by atoms with E-state index in [1.165, 1.54) is 23.5 Å². The van der Waals surface area contributed by atoms with E-state index in [0.717, 1.165) is 17.0 Å². The van der Waals surface area contributed by atoms with Crippen molar-refractivity contribution in [2.45, 2.75) is 20.0 Å². The van der Waals surface area contributed by atoms with Gasteiger partial charge in [0, 0.05) is 15.8 Å². The lowest BCUT2D eigenvalue weighted by molar-refractivity contribution is -0.137. The van der Waals surface area contributed by atoms with Crippen LogP contribution in [0.4, 0.5) is 13.2 Å². The first-order valence-electron chi connectivity index (χ1n) is 7.42. The normalized spacial score (nSPS) is 11.7. The van der Waals surface area contributed by atoms with E-state index < -0.39 is 17.7 Å². The van der Waals surface area contributed by atoms with Crippen LogP contribution < -0.4 is 0 Å². The Morgan fingerprint density at radius 2 is 2.00 bits per heavy atom. The predicted octanol–water partition coefficient (Wildman–Crippen LogP) is 4.86. The van der Waals surface area contributed by atoms with Gasteiger partial charge in [0.2, 0.25) is 5.82 Å². The van der Waals surface area contributed by atoms with Crippen LogP contribution in [0.2, 0.25) is 0 Å². The number of fused-ring (bicyclic) bond motifs is 1. The van der Waals surface area contributed by atoms with Crippen molar-refractivity contribution in [1.82, 2.24) is 9.97 Å². The maximum Gasteiger partial charge on any atom is 0.416 e. The summed E-state index contributed by atoms with van der Waals surface area (Å²) in [5, 5.41) is 0.606. The molecule has 0 radical (unpaired) electrons. The number of rotatable bonds is 3. The Morgan fingerprint density at radius 3 is 2.68 bits per heavy atom. The largest absolute Gasteiger partial charge is 0.460 e. The molecule has 0 bridgehead atoms. The summed E-state index contributed by atoms with van der Waals surface area (Å²) in [6.07, 6.45) is -4.46. The average molecular weight is 366 g/mol. The number of benzene rings is 1. The van der Waals surface area contributed by atoms with Crippen molar-refractivity contribution in [2.75, 3.05) is 6.61 Å². The zero-order valence-corrected chi connectivity index (χ0v) is 14.2. The van der Waals surface area contributed by atoms with Crippen molar-refractivity contribution >= 4 is 27.5 Å². The van der Waals surface area contributed by atoms with Crippen LogP contribution in [0.5, 0.6) is 0 Å². The van der Waals surface area contributed by atoms with E-state index in [1.54, 1.807) is 13.0 Å².